The number of rotatable bonds is 9. The van der Waals surface area contributed by atoms with E-state index in [0.29, 0.717) is 6.54 Å². The molecule has 0 radical (unpaired) electrons. The highest BCUT2D eigenvalue weighted by Crippen LogP contribution is 2.25. The van der Waals surface area contributed by atoms with E-state index in [1.807, 2.05) is 17.5 Å². The summed E-state index contributed by atoms with van der Waals surface area (Å²) in [7, 11) is -3.74. The zero-order chi connectivity index (χ0) is 20.7. The molecule has 1 aromatic carbocycles. The first kappa shape index (κ1) is 22.2. The smallest absolute Gasteiger partial charge is 0.241 e. The van der Waals surface area contributed by atoms with E-state index < -0.39 is 16.1 Å². The summed E-state index contributed by atoms with van der Waals surface area (Å²) in [5, 5.41) is 4.82. The van der Waals surface area contributed by atoms with E-state index in [9.17, 15) is 13.2 Å². The van der Waals surface area contributed by atoms with Crippen LogP contribution in [0.1, 0.15) is 49.4 Å². The summed E-state index contributed by atoms with van der Waals surface area (Å²) >= 11 is 4.74. The lowest BCUT2D eigenvalue weighted by molar-refractivity contribution is -0.121. The molecule has 1 aliphatic carbocycles. The summed E-state index contributed by atoms with van der Waals surface area (Å²) in [6, 6.07) is 9.54. The van der Waals surface area contributed by atoms with Gasteiger partial charge < -0.3 is 5.32 Å². The molecule has 1 unspecified atom stereocenters. The molecule has 0 aliphatic heterocycles. The van der Waals surface area contributed by atoms with Crippen LogP contribution in [-0.2, 0) is 14.8 Å². The molecule has 0 saturated heterocycles. The fourth-order valence-electron chi connectivity index (χ4n) is 3.31. The van der Waals surface area contributed by atoms with Crippen LogP contribution in [0.2, 0.25) is 0 Å². The van der Waals surface area contributed by atoms with Gasteiger partial charge in [0.25, 0.3) is 0 Å². The summed E-state index contributed by atoms with van der Waals surface area (Å²) in [5.41, 5.74) is 1.40. The van der Waals surface area contributed by atoms with Crippen molar-refractivity contribution in [3.8, 4) is 0 Å². The molecule has 1 aromatic heterocycles. The number of allylic oxidation sites excluding steroid dienone is 1. The van der Waals surface area contributed by atoms with Gasteiger partial charge in [0.1, 0.15) is 0 Å². The van der Waals surface area contributed by atoms with Gasteiger partial charge in [0, 0.05) is 22.3 Å². The highest BCUT2D eigenvalue weighted by molar-refractivity contribution is 9.10. The van der Waals surface area contributed by atoms with Gasteiger partial charge in [-0.1, -0.05) is 33.6 Å². The van der Waals surface area contributed by atoms with Gasteiger partial charge in [0.15, 0.2) is 0 Å². The lowest BCUT2D eigenvalue weighted by Gasteiger charge is -2.18. The van der Waals surface area contributed by atoms with E-state index in [0.717, 1.165) is 28.6 Å². The molecule has 5 nitrogen and oxygen atoms in total. The van der Waals surface area contributed by atoms with Crippen LogP contribution in [0.25, 0.3) is 0 Å². The zero-order valence-electron chi connectivity index (χ0n) is 16.1. The van der Waals surface area contributed by atoms with E-state index in [-0.39, 0.29) is 17.2 Å². The van der Waals surface area contributed by atoms with Crippen LogP contribution in [0.4, 0.5) is 0 Å². The third-order valence-electron chi connectivity index (χ3n) is 4.85. The minimum absolute atomic E-state index is 0.0648. The summed E-state index contributed by atoms with van der Waals surface area (Å²) in [5.74, 6) is -0.154. The number of amides is 1. The monoisotopic (exact) mass is 496 g/mol. The number of carbonyl (C=O) groups is 1. The lowest BCUT2D eigenvalue weighted by atomic mass is 9.97. The first-order chi connectivity index (χ1) is 13.9. The molecular formula is C21H25BrN2O3S2. The van der Waals surface area contributed by atoms with Gasteiger partial charge >= 0.3 is 0 Å². The van der Waals surface area contributed by atoms with Crippen molar-refractivity contribution in [1.82, 2.24) is 10.0 Å². The van der Waals surface area contributed by atoms with Gasteiger partial charge in [0.2, 0.25) is 15.9 Å². The molecule has 0 saturated carbocycles. The molecule has 1 aliphatic rings. The minimum Gasteiger partial charge on any atom is -0.356 e. The number of carbonyl (C=O) groups excluding carboxylic acids is 1. The Balaban J connectivity index is 1.62. The quantitative estimate of drug-likeness (QED) is 0.483. The highest BCUT2D eigenvalue weighted by Gasteiger charge is 2.24. The Labute approximate surface area is 184 Å². The standard InChI is InChI=1S/C21H25BrN2O3S2/c22-17-8-10-18(11-9-17)29(26,27)24-19(20-7-4-14-28-20)15-21(25)23-13-12-16-5-2-1-3-6-16/h4-5,7-11,14,19,24H,1-3,6,12-13,15H2,(H,23,25). The predicted octanol–water partition coefficient (Wildman–Crippen LogP) is 4.93. The second-order valence-electron chi connectivity index (χ2n) is 7.06. The number of benzene rings is 1. The van der Waals surface area contributed by atoms with Crippen LogP contribution < -0.4 is 10.0 Å². The molecule has 2 aromatic rings. The Bertz CT molecular complexity index is 939. The van der Waals surface area contributed by atoms with Gasteiger partial charge in [-0.3, -0.25) is 4.79 Å². The van der Waals surface area contributed by atoms with Crippen molar-refractivity contribution in [2.24, 2.45) is 0 Å². The van der Waals surface area contributed by atoms with Crippen LogP contribution in [0.15, 0.2) is 62.8 Å². The molecule has 0 bridgehead atoms. The molecule has 0 fully saturated rings. The molecule has 29 heavy (non-hydrogen) atoms. The molecule has 156 valence electrons. The van der Waals surface area contributed by atoms with Crippen LogP contribution in [0, 0.1) is 0 Å². The van der Waals surface area contributed by atoms with Crippen molar-refractivity contribution in [2.75, 3.05) is 6.54 Å². The molecule has 2 N–H and O–H groups in total. The van der Waals surface area contributed by atoms with Crippen molar-refractivity contribution in [3.63, 3.8) is 0 Å². The van der Waals surface area contributed by atoms with Crippen LogP contribution >= 0.6 is 27.3 Å². The Morgan fingerprint density at radius 2 is 1.97 bits per heavy atom. The molecule has 1 amide bonds. The molecule has 1 heterocycles. The molecular weight excluding hydrogens is 472 g/mol. The summed E-state index contributed by atoms with van der Waals surface area (Å²) in [6.07, 6.45) is 7.91. The van der Waals surface area contributed by atoms with Crippen molar-refractivity contribution in [1.29, 1.82) is 0 Å². The Hall–Kier alpha value is -1.48. The fraction of sp³-hybridized carbons (Fsp3) is 0.381. The van der Waals surface area contributed by atoms with Gasteiger partial charge in [-0.15, -0.1) is 11.3 Å². The third kappa shape index (κ3) is 6.77. The average molecular weight is 497 g/mol. The number of hydrogen-bond donors (Lipinski definition) is 2. The summed E-state index contributed by atoms with van der Waals surface area (Å²) in [4.78, 5) is 13.5. The SMILES string of the molecule is O=C(CC(NS(=O)(=O)c1ccc(Br)cc1)c1cccs1)NCCC1=CCCCC1. The first-order valence-corrected chi connectivity index (χ1v) is 12.9. The van der Waals surface area contributed by atoms with Gasteiger partial charge in [-0.2, -0.15) is 0 Å². The van der Waals surface area contributed by atoms with E-state index in [1.54, 1.807) is 12.1 Å². The van der Waals surface area contributed by atoms with Crippen molar-refractivity contribution in [3.05, 3.63) is 62.8 Å². The van der Waals surface area contributed by atoms with E-state index in [4.69, 9.17) is 0 Å². The fourth-order valence-corrected chi connectivity index (χ4v) is 5.64. The van der Waals surface area contributed by atoms with Gasteiger partial charge in [0.05, 0.1) is 10.9 Å². The maximum atomic E-state index is 12.8. The Morgan fingerprint density at radius 3 is 2.62 bits per heavy atom. The van der Waals surface area contributed by atoms with Crippen molar-refractivity contribution >= 4 is 43.2 Å². The summed E-state index contributed by atoms with van der Waals surface area (Å²) in [6.45, 7) is 0.585. The maximum Gasteiger partial charge on any atom is 0.241 e. The lowest BCUT2D eigenvalue weighted by Crippen LogP contribution is -2.34. The van der Waals surface area contributed by atoms with Crippen LogP contribution in [0.3, 0.4) is 0 Å². The predicted molar refractivity (Wildman–Crippen MR) is 120 cm³/mol. The molecule has 0 spiro atoms. The Morgan fingerprint density at radius 1 is 1.17 bits per heavy atom. The van der Waals surface area contributed by atoms with Crippen LogP contribution in [-0.4, -0.2) is 20.9 Å². The van der Waals surface area contributed by atoms with E-state index >= 15 is 0 Å². The number of sulfonamides is 1. The van der Waals surface area contributed by atoms with Gasteiger partial charge in [-0.25, -0.2) is 13.1 Å². The molecule has 1 atom stereocenters. The minimum atomic E-state index is -3.74. The number of nitrogens with one attached hydrogen (secondary N) is 2. The number of thiophene rings is 1. The second kappa shape index (κ2) is 10.5. The Kier molecular flexibility index (Phi) is 8.06. The first-order valence-electron chi connectivity index (χ1n) is 9.70. The number of halogens is 1. The van der Waals surface area contributed by atoms with E-state index in [1.165, 1.54) is 41.9 Å². The van der Waals surface area contributed by atoms with Crippen LogP contribution in [0.5, 0.6) is 0 Å². The maximum absolute atomic E-state index is 12.8. The molecule has 3 rings (SSSR count). The second-order valence-corrected chi connectivity index (χ2v) is 10.7. The van der Waals surface area contributed by atoms with Gasteiger partial charge in [-0.05, 0) is 67.8 Å². The zero-order valence-corrected chi connectivity index (χ0v) is 19.3. The average Bonchev–Trinajstić information content (AvgIpc) is 3.23. The number of hydrogen-bond acceptors (Lipinski definition) is 4. The topological polar surface area (TPSA) is 75.3 Å². The highest BCUT2D eigenvalue weighted by atomic mass is 79.9. The van der Waals surface area contributed by atoms with E-state index in [2.05, 4.69) is 32.0 Å². The largest absolute Gasteiger partial charge is 0.356 e. The normalized spacial score (nSPS) is 15.6. The van der Waals surface area contributed by atoms with Crippen molar-refractivity contribution in [2.45, 2.75) is 49.5 Å². The summed E-state index contributed by atoms with van der Waals surface area (Å²) < 4.78 is 29.1. The molecule has 8 heteroatoms. The van der Waals surface area contributed by atoms with Crippen molar-refractivity contribution < 1.29 is 13.2 Å². The third-order valence-corrected chi connectivity index (χ3v) is 7.85.